The molecule has 0 spiro atoms. The van der Waals surface area contributed by atoms with Gasteiger partial charge in [-0.05, 0) is 17.4 Å². The average molecular weight is 546 g/mol. The SMILES string of the molecule is COC(=O)[C@@H](NC(=O)[C@H](Cc1c(N[C@H](C(=O)OC)C(C)C)c(=O)c1=O)NC(=O)OCc1ccccc1)C(C)C. The molecular weight excluding hydrogens is 510 g/mol. The van der Waals surface area contributed by atoms with E-state index in [4.69, 9.17) is 14.2 Å². The number of alkyl carbamates (subject to hydrolysis) is 1. The molecule has 0 radical (unpaired) electrons. The summed E-state index contributed by atoms with van der Waals surface area (Å²) >= 11 is 0. The van der Waals surface area contributed by atoms with Crippen LogP contribution in [0.1, 0.15) is 38.8 Å². The Hall–Kier alpha value is -4.22. The highest BCUT2D eigenvalue weighted by molar-refractivity contribution is 5.90. The highest BCUT2D eigenvalue weighted by atomic mass is 16.5. The molecule has 0 bridgehead atoms. The van der Waals surface area contributed by atoms with Crippen molar-refractivity contribution in [3.8, 4) is 0 Å². The van der Waals surface area contributed by atoms with Crippen molar-refractivity contribution in [3.05, 3.63) is 61.9 Å². The Morgan fingerprint density at radius 3 is 1.90 bits per heavy atom. The molecule has 0 unspecified atom stereocenters. The maximum atomic E-state index is 13.2. The van der Waals surface area contributed by atoms with E-state index in [1.165, 1.54) is 14.2 Å². The highest BCUT2D eigenvalue weighted by Crippen LogP contribution is 2.17. The molecular formula is C27H35N3O9. The lowest BCUT2D eigenvalue weighted by Gasteiger charge is -2.26. The summed E-state index contributed by atoms with van der Waals surface area (Å²) in [5.74, 6) is -2.80. The first-order valence-corrected chi connectivity index (χ1v) is 12.4. The molecule has 0 aliphatic rings. The lowest BCUT2D eigenvalue weighted by molar-refractivity contribution is -0.146. The second kappa shape index (κ2) is 14.1. The summed E-state index contributed by atoms with van der Waals surface area (Å²) in [7, 11) is 2.37. The largest absolute Gasteiger partial charge is 0.467 e. The topological polar surface area (TPSA) is 166 Å². The predicted octanol–water partition coefficient (Wildman–Crippen LogP) is 1.04. The van der Waals surface area contributed by atoms with E-state index in [9.17, 15) is 28.8 Å². The molecule has 12 heteroatoms. The fraction of sp³-hybridized carbons (Fsp3) is 0.481. The van der Waals surface area contributed by atoms with Gasteiger partial charge in [0, 0.05) is 12.0 Å². The first-order valence-electron chi connectivity index (χ1n) is 12.4. The van der Waals surface area contributed by atoms with Gasteiger partial charge in [0.2, 0.25) is 16.8 Å². The number of hydrogen-bond acceptors (Lipinski definition) is 10. The first-order chi connectivity index (χ1) is 18.4. The Balaban J connectivity index is 2.32. The van der Waals surface area contributed by atoms with E-state index in [0.717, 1.165) is 0 Å². The molecule has 39 heavy (non-hydrogen) atoms. The molecule has 0 fully saturated rings. The molecule has 0 aliphatic heterocycles. The summed E-state index contributed by atoms with van der Waals surface area (Å²) in [6.07, 6.45) is -1.36. The summed E-state index contributed by atoms with van der Waals surface area (Å²) in [6, 6.07) is 5.45. The molecule has 12 nitrogen and oxygen atoms in total. The number of amides is 2. The van der Waals surface area contributed by atoms with Crippen molar-refractivity contribution in [1.29, 1.82) is 0 Å². The molecule has 0 saturated heterocycles. The molecule has 3 atom stereocenters. The predicted molar refractivity (Wildman–Crippen MR) is 142 cm³/mol. The van der Waals surface area contributed by atoms with E-state index < -0.39 is 59.3 Å². The van der Waals surface area contributed by atoms with Crippen molar-refractivity contribution >= 4 is 29.6 Å². The van der Waals surface area contributed by atoms with Gasteiger partial charge in [-0.25, -0.2) is 14.4 Å². The van der Waals surface area contributed by atoms with Crippen LogP contribution in [0.4, 0.5) is 10.5 Å². The quantitative estimate of drug-likeness (QED) is 0.188. The van der Waals surface area contributed by atoms with Crippen LogP contribution in [-0.4, -0.2) is 56.3 Å². The number of carbonyl (C=O) groups is 4. The second-order valence-electron chi connectivity index (χ2n) is 9.62. The third-order valence-corrected chi connectivity index (χ3v) is 6.08. The van der Waals surface area contributed by atoms with E-state index in [0.29, 0.717) is 5.56 Å². The van der Waals surface area contributed by atoms with E-state index >= 15 is 0 Å². The fourth-order valence-electron chi connectivity index (χ4n) is 3.77. The lowest BCUT2D eigenvalue weighted by Crippen LogP contribution is -2.55. The monoisotopic (exact) mass is 545 g/mol. The zero-order chi connectivity index (χ0) is 29.3. The number of benzene rings is 1. The standard InChI is InChI=1S/C27H35N3O9/c1-14(2)19(25(34)37-5)29-21-17(22(31)23(21)32)12-18(24(33)30-20(15(3)4)26(35)38-6)28-27(36)39-13-16-10-8-7-9-11-16/h7-11,14-15,18-20,29H,12-13H2,1-6H3,(H,28,36)(H,30,33)/t18-,19-,20-/m0/s1. The summed E-state index contributed by atoms with van der Waals surface area (Å²) in [5.41, 5.74) is -1.25. The summed E-state index contributed by atoms with van der Waals surface area (Å²) < 4.78 is 14.7. The van der Waals surface area contributed by atoms with Gasteiger partial charge in [0.05, 0.1) is 19.9 Å². The maximum Gasteiger partial charge on any atom is 0.408 e. The Labute approximate surface area is 226 Å². The van der Waals surface area contributed by atoms with Gasteiger partial charge in [-0.15, -0.1) is 0 Å². The van der Waals surface area contributed by atoms with Crippen LogP contribution in [0.15, 0.2) is 39.9 Å². The normalized spacial score (nSPS) is 13.3. The fourth-order valence-corrected chi connectivity index (χ4v) is 3.77. The van der Waals surface area contributed by atoms with Crippen molar-refractivity contribution in [2.45, 2.75) is 58.8 Å². The van der Waals surface area contributed by atoms with Crippen molar-refractivity contribution in [1.82, 2.24) is 10.6 Å². The number of rotatable bonds is 13. The Bertz CT molecular complexity index is 1230. The molecule has 212 valence electrons. The summed E-state index contributed by atoms with van der Waals surface area (Å²) in [6.45, 7) is 6.74. The van der Waals surface area contributed by atoms with Crippen molar-refractivity contribution in [3.63, 3.8) is 0 Å². The summed E-state index contributed by atoms with van der Waals surface area (Å²) in [5, 5.41) is 7.69. The van der Waals surface area contributed by atoms with Gasteiger partial charge in [-0.1, -0.05) is 58.0 Å². The zero-order valence-electron chi connectivity index (χ0n) is 22.9. The minimum absolute atomic E-state index is 0.0834. The number of carbonyl (C=O) groups excluding carboxylic acids is 4. The minimum Gasteiger partial charge on any atom is -0.467 e. The van der Waals surface area contributed by atoms with Gasteiger partial charge in [0.25, 0.3) is 0 Å². The van der Waals surface area contributed by atoms with Crippen LogP contribution in [0.25, 0.3) is 0 Å². The Kier molecular flexibility index (Phi) is 11.2. The van der Waals surface area contributed by atoms with Gasteiger partial charge >= 0.3 is 18.0 Å². The number of ether oxygens (including phenoxy) is 3. The van der Waals surface area contributed by atoms with E-state index in [1.54, 1.807) is 58.0 Å². The van der Waals surface area contributed by atoms with Crippen LogP contribution in [0.5, 0.6) is 0 Å². The molecule has 2 aromatic rings. The van der Waals surface area contributed by atoms with E-state index in [-0.39, 0.29) is 29.7 Å². The number of nitrogens with one attached hydrogen (secondary N) is 3. The lowest BCUT2D eigenvalue weighted by atomic mass is 9.95. The zero-order valence-corrected chi connectivity index (χ0v) is 22.9. The Morgan fingerprint density at radius 2 is 1.36 bits per heavy atom. The van der Waals surface area contributed by atoms with Gasteiger partial charge in [0.15, 0.2) is 0 Å². The number of anilines is 1. The molecule has 2 rings (SSSR count). The minimum atomic E-state index is -1.40. The van der Waals surface area contributed by atoms with Gasteiger partial charge in [-0.3, -0.25) is 14.4 Å². The van der Waals surface area contributed by atoms with E-state index in [2.05, 4.69) is 16.0 Å². The molecule has 0 heterocycles. The van der Waals surface area contributed by atoms with Crippen LogP contribution in [0, 0.1) is 11.8 Å². The van der Waals surface area contributed by atoms with Gasteiger partial charge in [-0.2, -0.15) is 0 Å². The van der Waals surface area contributed by atoms with Crippen LogP contribution >= 0.6 is 0 Å². The second-order valence-corrected chi connectivity index (χ2v) is 9.62. The molecule has 0 aliphatic carbocycles. The average Bonchev–Trinajstić information content (AvgIpc) is 2.92. The summed E-state index contributed by atoms with van der Waals surface area (Å²) in [4.78, 5) is 75.1. The number of esters is 2. The van der Waals surface area contributed by atoms with Crippen molar-refractivity contribution < 1.29 is 33.4 Å². The Morgan fingerprint density at radius 1 is 0.795 bits per heavy atom. The van der Waals surface area contributed by atoms with E-state index in [1.807, 2.05) is 0 Å². The molecule has 3 N–H and O–H groups in total. The molecule has 0 saturated carbocycles. The highest BCUT2D eigenvalue weighted by Gasteiger charge is 2.34. The number of hydrogen-bond donors (Lipinski definition) is 3. The van der Waals surface area contributed by atoms with Crippen LogP contribution in [-0.2, 0) is 41.6 Å². The maximum absolute atomic E-state index is 13.2. The third kappa shape index (κ3) is 8.13. The number of methoxy groups -OCH3 is 2. The van der Waals surface area contributed by atoms with Gasteiger partial charge < -0.3 is 30.2 Å². The van der Waals surface area contributed by atoms with Gasteiger partial charge in [0.1, 0.15) is 24.7 Å². The van der Waals surface area contributed by atoms with Crippen molar-refractivity contribution in [2.75, 3.05) is 19.5 Å². The van der Waals surface area contributed by atoms with Crippen LogP contribution < -0.4 is 26.8 Å². The van der Waals surface area contributed by atoms with Crippen molar-refractivity contribution in [2.24, 2.45) is 11.8 Å². The van der Waals surface area contributed by atoms with Crippen LogP contribution in [0.3, 0.4) is 0 Å². The van der Waals surface area contributed by atoms with Crippen LogP contribution in [0.2, 0.25) is 0 Å². The molecule has 2 aromatic carbocycles. The third-order valence-electron chi connectivity index (χ3n) is 6.08. The molecule has 0 aromatic heterocycles. The molecule has 2 amide bonds. The smallest absolute Gasteiger partial charge is 0.408 e. The first kappa shape index (κ1) is 31.0.